The van der Waals surface area contributed by atoms with Crippen LogP contribution in [0.5, 0.6) is 0 Å². The minimum atomic E-state index is -4.01. The van der Waals surface area contributed by atoms with Gasteiger partial charge in [0.2, 0.25) is 10.0 Å². The van der Waals surface area contributed by atoms with E-state index < -0.39 is 26.6 Å². The first kappa shape index (κ1) is 18.3. The van der Waals surface area contributed by atoms with Crippen LogP contribution >= 0.6 is 0 Å². The van der Waals surface area contributed by atoms with E-state index in [1.165, 1.54) is 7.05 Å². The molecule has 8 heteroatoms. The average Bonchev–Trinajstić information content (AvgIpc) is 2.51. The van der Waals surface area contributed by atoms with E-state index in [0.717, 1.165) is 55.2 Å². The largest absolute Gasteiger partial charge is 0.304 e. The predicted molar refractivity (Wildman–Crippen MR) is 84.7 cm³/mol. The molecule has 0 spiro atoms. The zero-order valence-corrected chi connectivity index (χ0v) is 14.3. The molecular weight excluding hydrogens is 324 g/mol. The van der Waals surface area contributed by atoms with Gasteiger partial charge >= 0.3 is 0 Å². The van der Waals surface area contributed by atoms with E-state index in [1.807, 2.05) is 0 Å². The fourth-order valence-corrected chi connectivity index (χ4v) is 3.83. The summed E-state index contributed by atoms with van der Waals surface area (Å²) in [5.74, 6) is -1.70. The fraction of sp³-hybridized carbons (Fsp3) is 0.600. The summed E-state index contributed by atoms with van der Waals surface area (Å²) in [7, 11) is -0.545. The van der Waals surface area contributed by atoms with Crippen molar-refractivity contribution in [2.45, 2.75) is 11.3 Å². The van der Waals surface area contributed by atoms with Crippen molar-refractivity contribution in [1.82, 2.24) is 14.1 Å². The number of nitrogens with zero attached hydrogens (tertiary/aromatic N) is 3. The number of hydrogen-bond donors (Lipinski definition) is 0. The third kappa shape index (κ3) is 4.69. The van der Waals surface area contributed by atoms with Crippen molar-refractivity contribution in [3.8, 4) is 0 Å². The topological polar surface area (TPSA) is 43.9 Å². The maximum absolute atomic E-state index is 13.7. The van der Waals surface area contributed by atoms with E-state index in [9.17, 15) is 17.2 Å². The molecule has 1 aliphatic heterocycles. The lowest BCUT2D eigenvalue weighted by Gasteiger charge is -2.32. The Morgan fingerprint density at radius 3 is 2.48 bits per heavy atom. The molecule has 1 saturated heterocycles. The van der Waals surface area contributed by atoms with Gasteiger partial charge in [-0.15, -0.1) is 0 Å². The molecule has 1 heterocycles. The second kappa shape index (κ2) is 7.65. The smallest absolute Gasteiger partial charge is 0.245 e. The Bertz CT molecular complexity index is 632. The molecule has 23 heavy (non-hydrogen) atoms. The molecule has 0 atom stereocenters. The van der Waals surface area contributed by atoms with Crippen molar-refractivity contribution in [3.05, 3.63) is 29.8 Å². The van der Waals surface area contributed by atoms with E-state index in [-0.39, 0.29) is 6.54 Å². The van der Waals surface area contributed by atoms with Crippen molar-refractivity contribution < 1.29 is 17.2 Å². The lowest BCUT2D eigenvalue weighted by atomic mass is 10.3. The van der Waals surface area contributed by atoms with Crippen molar-refractivity contribution in [2.75, 3.05) is 53.4 Å². The van der Waals surface area contributed by atoms with Crippen LogP contribution in [0.3, 0.4) is 0 Å². The van der Waals surface area contributed by atoms with Crippen LogP contribution in [0.4, 0.5) is 8.78 Å². The van der Waals surface area contributed by atoms with E-state index in [0.29, 0.717) is 6.42 Å². The first-order valence-corrected chi connectivity index (χ1v) is 9.07. The normalized spacial score (nSPS) is 17.8. The molecule has 0 aromatic heterocycles. The van der Waals surface area contributed by atoms with E-state index in [2.05, 4.69) is 16.8 Å². The van der Waals surface area contributed by atoms with Gasteiger partial charge in [0.15, 0.2) is 0 Å². The molecule has 130 valence electrons. The SMILES string of the molecule is CN1CCN(CCCN(C)S(=O)(=O)c2cc(F)ccc2F)CC1. The molecule has 0 unspecified atom stereocenters. The van der Waals surface area contributed by atoms with Crippen LogP contribution in [0.1, 0.15) is 6.42 Å². The number of piperazine rings is 1. The number of benzene rings is 1. The number of halogens is 2. The zero-order valence-electron chi connectivity index (χ0n) is 13.5. The number of hydrogen-bond acceptors (Lipinski definition) is 4. The first-order chi connectivity index (χ1) is 10.8. The van der Waals surface area contributed by atoms with Gasteiger partial charge in [0.25, 0.3) is 0 Å². The van der Waals surface area contributed by atoms with Gasteiger partial charge in [0.05, 0.1) is 0 Å². The van der Waals surface area contributed by atoms with Gasteiger partial charge < -0.3 is 9.80 Å². The van der Waals surface area contributed by atoms with Gasteiger partial charge in [0, 0.05) is 39.8 Å². The average molecular weight is 347 g/mol. The van der Waals surface area contributed by atoms with Gasteiger partial charge in [0.1, 0.15) is 16.5 Å². The number of likely N-dealkylation sites (N-methyl/N-ethyl adjacent to an activating group) is 1. The van der Waals surface area contributed by atoms with Crippen molar-refractivity contribution in [1.29, 1.82) is 0 Å². The highest BCUT2D eigenvalue weighted by atomic mass is 32.2. The molecule has 1 aliphatic rings. The molecular formula is C15H23F2N3O2S. The summed E-state index contributed by atoms with van der Waals surface area (Å²) in [6.07, 6.45) is 0.649. The highest BCUT2D eigenvalue weighted by molar-refractivity contribution is 7.89. The Labute approximate surface area is 136 Å². The Kier molecular flexibility index (Phi) is 6.07. The standard InChI is InChI=1S/C15H23F2N3O2S/c1-18-8-10-20(11-9-18)7-3-6-19(2)23(21,22)15-12-13(16)4-5-14(15)17/h4-5,12H,3,6-11H2,1-2H3. The first-order valence-electron chi connectivity index (χ1n) is 7.63. The molecule has 1 aromatic carbocycles. The minimum absolute atomic E-state index is 0.268. The van der Waals surface area contributed by atoms with E-state index in [4.69, 9.17) is 0 Å². The molecule has 0 bridgehead atoms. The number of sulfonamides is 1. The van der Waals surface area contributed by atoms with Crippen LogP contribution in [0.15, 0.2) is 23.1 Å². The summed E-state index contributed by atoms with van der Waals surface area (Å²) in [6, 6.07) is 2.46. The summed E-state index contributed by atoms with van der Waals surface area (Å²) in [5, 5.41) is 0. The molecule has 1 fully saturated rings. The maximum atomic E-state index is 13.7. The van der Waals surface area contributed by atoms with Gasteiger partial charge in [-0.2, -0.15) is 0 Å². The lowest BCUT2D eigenvalue weighted by Crippen LogP contribution is -2.45. The van der Waals surface area contributed by atoms with E-state index in [1.54, 1.807) is 0 Å². The van der Waals surface area contributed by atoms with Crippen LogP contribution in [0, 0.1) is 11.6 Å². The van der Waals surface area contributed by atoms with Crippen LogP contribution in [0.2, 0.25) is 0 Å². The summed E-state index contributed by atoms with van der Waals surface area (Å²) in [4.78, 5) is 3.92. The molecule has 2 rings (SSSR count). The van der Waals surface area contributed by atoms with Crippen LogP contribution in [-0.4, -0.2) is 75.9 Å². The highest BCUT2D eigenvalue weighted by Crippen LogP contribution is 2.19. The Morgan fingerprint density at radius 1 is 1.17 bits per heavy atom. The minimum Gasteiger partial charge on any atom is -0.304 e. The van der Waals surface area contributed by atoms with Gasteiger partial charge in [-0.1, -0.05) is 0 Å². The highest BCUT2D eigenvalue weighted by Gasteiger charge is 2.25. The van der Waals surface area contributed by atoms with Crippen LogP contribution < -0.4 is 0 Å². The van der Waals surface area contributed by atoms with Crippen LogP contribution in [-0.2, 0) is 10.0 Å². The lowest BCUT2D eigenvalue weighted by molar-refractivity contribution is 0.151. The van der Waals surface area contributed by atoms with Gasteiger partial charge in [-0.25, -0.2) is 21.5 Å². The van der Waals surface area contributed by atoms with Gasteiger partial charge in [-0.3, -0.25) is 0 Å². The summed E-state index contributed by atoms with van der Waals surface area (Å²) >= 11 is 0. The quantitative estimate of drug-likeness (QED) is 0.776. The second-order valence-electron chi connectivity index (χ2n) is 5.90. The number of rotatable bonds is 6. The zero-order chi connectivity index (χ0) is 17.0. The monoisotopic (exact) mass is 347 g/mol. The van der Waals surface area contributed by atoms with Crippen molar-refractivity contribution in [2.24, 2.45) is 0 Å². The fourth-order valence-electron chi connectivity index (χ4n) is 2.55. The molecule has 5 nitrogen and oxygen atoms in total. The van der Waals surface area contributed by atoms with E-state index >= 15 is 0 Å². The second-order valence-corrected chi connectivity index (χ2v) is 7.91. The third-order valence-electron chi connectivity index (χ3n) is 4.12. The summed E-state index contributed by atoms with van der Waals surface area (Å²) in [6.45, 7) is 4.99. The Balaban J connectivity index is 1.91. The molecule has 0 radical (unpaired) electrons. The molecule has 0 saturated carbocycles. The third-order valence-corrected chi connectivity index (χ3v) is 6.00. The molecule has 0 amide bonds. The summed E-state index contributed by atoms with van der Waals surface area (Å²) < 4.78 is 52.6. The predicted octanol–water partition coefficient (Wildman–Crippen LogP) is 1.22. The van der Waals surface area contributed by atoms with Crippen molar-refractivity contribution in [3.63, 3.8) is 0 Å². The van der Waals surface area contributed by atoms with Crippen LogP contribution in [0.25, 0.3) is 0 Å². The Morgan fingerprint density at radius 2 is 1.83 bits per heavy atom. The Hall–Kier alpha value is -1.09. The molecule has 0 aliphatic carbocycles. The molecule has 1 aromatic rings. The molecule has 0 N–H and O–H groups in total. The summed E-state index contributed by atoms with van der Waals surface area (Å²) in [5.41, 5.74) is 0. The van der Waals surface area contributed by atoms with Crippen molar-refractivity contribution >= 4 is 10.0 Å². The maximum Gasteiger partial charge on any atom is 0.245 e. The van der Waals surface area contributed by atoms with Gasteiger partial charge in [-0.05, 0) is 38.2 Å².